The fourth-order valence-electron chi connectivity index (χ4n) is 4.29. The van der Waals surface area contributed by atoms with Crippen LogP contribution in [-0.4, -0.2) is 42.8 Å². The molecular weight excluding hydrogens is 329 g/mol. The second kappa shape index (κ2) is 7.67. The summed E-state index contributed by atoms with van der Waals surface area (Å²) in [6.07, 6.45) is 11.8. The number of benzene rings is 1. The topological polar surface area (TPSA) is 32.5 Å². The van der Waals surface area contributed by atoms with Crippen LogP contribution in [0, 0.1) is 30.0 Å². The number of halogens is 1. The Bertz CT molecular complexity index is 780. The Kier molecular flexibility index (Phi) is 5.12. The van der Waals surface area contributed by atoms with Crippen molar-refractivity contribution in [3.63, 3.8) is 0 Å². The highest BCUT2D eigenvalue weighted by Gasteiger charge is 2.24. The van der Waals surface area contributed by atoms with Crippen LogP contribution in [0.25, 0.3) is 11.0 Å². The Morgan fingerprint density at radius 3 is 2.65 bits per heavy atom. The van der Waals surface area contributed by atoms with E-state index in [-0.39, 0.29) is 5.82 Å². The molecule has 4 nitrogen and oxygen atoms in total. The Morgan fingerprint density at radius 2 is 1.92 bits per heavy atom. The van der Waals surface area contributed by atoms with Crippen molar-refractivity contribution in [3.05, 3.63) is 24.0 Å². The second-order valence-electron chi connectivity index (χ2n) is 7.65. The molecule has 0 spiro atoms. The van der Waals surface area contributed by atoms with Crippen molar-refractivity contribution in [2.75, 3.05) is 37.6 Å². The van der Waals surface area contributed by atoms with Crippen LogP contribution < -0.4 is 4.90 Å². The number of fused-ring (bicyclic) bond motifs is 1. The predicted molar refractivity (Wildman–Crippen MR) is 102 cm³/mol. The van der Waals surface area contributed by atoms with E-state index in [0.717, 1.165) is 49.8 Å². The monoisotopic (exact) mass is 355 g/mol. The van der Waals surface area contributed by atoms with Crippen molar-refractivity contribution in [3.8, 4) is 12.3 Å². The van der Waals surface area contributed by atoms with Crippen molar-refractivity contribution in [1.82, 2.24) is 10.1 Å². The van der Waals surface area contributed by atoms with E-state index in [9.17, 15) is 4.39 Å². The zero-order valence-electron chi connectivity index (χ0n) is 15.2. The molecule has 1 saturated heterocycles. The van der Waals surface area contributed by atoms with E-state index in [1.807, 2.05) is 0 Å². The van der Waals surface area contributed by atoms with Gasteiger partial charge in [0.1, 0.15) is 5.82 Å². The molecule has 1 aromatic heterocycles. The first-order chi connectivity index (χ1) is 12.7. The summed E-state index contributed by atoms with van der Waals surface area (Å²) < 4.78 is 18.9. The summed E-state index contributed by atoms with van der Waals surface area (Å²) in [6, 6.07) is 4.57. The van der Waals surface area contributed by atoms with Crippen LogP contribution in [0.3, 0.4) is 0 Å². The maximum Gasteiger partial charge on any atom is 0.180 e. The van der Waals surface area contributed by atoms with Gasteiger partial charge in [-0.1, -0.05) is 5.16 Å². The first kappa shape index (κ1) is 17.4. The lowest BCUT2D eigenvalue weighted by molar-refractivity contribution is 0.214. The first-order valence-electron chi connectivity index (χ1n) is 9.71. The van der Waals surface area contributed by atoms with Crippen molar-refractivity contribution < 1.29 is 8.91 Å². The predicted octanol–water partition coefficient (Wildman–Crippen LogP) is 3.92. The third-order valence-corrected chi connectivity index (χ3v) is 6.02. The zero-order valence-corrected chi connectivity index (χ0v) is 15.2. The van der Waals surface area contributed by atoms with Gasteiger partial charge in [-0.2, -0.15) is 0 Å². The quantitative estimate of drug-likeness (QED) is 0.778. The summed E-state index contributed by atoms with van der Waals surface area (Å²) in [5.74, 6) is 4.78. The number of terminal acetylenes is 1. The van der Waals surface area contributed by atoms with Gasteiger partial charge < -0.3 is 9.42 Å². The maximum atomic E-state index is 13.5. The van der Waals surface area contributed by atoms with Crippen LogP contribution in [0.15, 0.2) is 22.7 Å². The molecule has 1 aromatic carbocycles. The Labute approximate surface area is 154 Å². The lowest BCUT2D eigenvalue weighted by Gasteiger charge is -2.36. The molecule has 2 aliphatic rings. The van der Waals surface area contributed by atoms with E-state index in [0.29, 0.717) is 11.5 Å². The standard InChI is InChI=1S/C21H26FN3O/c1-2-16-3-5-17(6-4-16)9-10-24-11-13-25(14-12-24)21-19-15-18(22)7-8-20(19)26-23-21/h1,7-8,15-17H,3-6,9-14H2. The van der Waals surface area contributed by atoms with Crippen molar-refractivity contribution >= 4 is 16.8 Å². The molecule has 2 heterocycles. The number of anilines is 1. The number of piperazine rings is 1. The molecule has 2 fully saturated rings. The minimum Gasteiger partial charge on any atom is -0.354 e. The smallest absolute Gasteiger partial charge is 0.180 e. The largest absolute Gasteiger partial charge is 0.354 e. The fourth-order valence-corrected chi connectivity index (χ4v) is 4.29. The van der Waals surface area contributed by atoms with Crippen molar-refractivity contribution in [2.45, 2.75) is 32.1 Å². The molecule has 0 atom stereocenters. The molecule has 0 unspecified atom stereocenters. The van der Waals surface area contributed by atoms with Gasteiger partial charge in [-0.15, -0.1) is 12.3 Å². The fraction of sp³-hybridized carbons (Fsp3) is 0.571. The zero-order chi connectivity index (χ0) is 17.9. The molecule has 0 bridgehead atoms. The summed E-state index contributed by atoms with van der Waals surface area (Å²) in [4.78, 5) is 4.74. The molecule has 1 aliphatic heterocycles. The Balaban J connectivity index is 1.28. The number of aromatic nitrogens is 1. The van der Waals surface area contributed by atoms with Crippen LogP contribution >= 0.6 is 0 Å². The van der Waals surface area contributed by atoms with Gasteiger partial charge in [0.05, 0.1) is 5.39 Å². The minimum atomic E-state index is -0.250. The Morgan fingerprint density at radius 1 is 1.15 bits per heavy atom. The molecule has 1 aliphatic carbocycles. The maximum absolute atomic E-state index is 13.5. The van der Waals surface area contributed by atoms with Crippen LogP contribution in [0.1, 0.15) is 32.1 Å². The highest BCUT2D eigenvalue weighted by atomic mass is 19.1. The SMILES string of the molecule is C#CC1CCC(CCN2CCN(c3noc4ccc(F)cc34)CC2)CC1. The molecule has 5 heteroatoms. The molecule has 26 heavy (non-hydrogen) atoms. The van der Waals surface area contributed by atoms with Crippen LogP contribution in [0.4, 0.5) is 10.2 Å². The number of nitrogens with zero attached hydrogens (tertiary/aromatic N) is 3. The van der Waals surface area contributed by atoms with Gasteiger partial charge in [0.15, 0.2) is 11.4 Å². The average molecular weight is 355 g/mol. The molecule has 0 amide bonds. The van der Waals surface area contributed by atoms with E-state index >= 15 is 0 Å². The van der Waals surface area contributed by atoms with E-state index in [1.165, 1.54) is 44.2 Å². The number of hydrogen-bond donors (Lipinski definition) is 0. The highest BCUT2D eigenvalue weighted by molar-refractivity contribution is 5.88. The van der Waals surface area contributed by atoms with Gasteiger partial charge in [-0.05, 0) is 62.8 Å². The summed E-state index contributed by atoms with van der Waals surface area (Å²) in [7, 11) is 0. The molecule has 1 saturated carbocycles. The van der Waals surface area contributed by atoms with Crippen molar-refractivity contribution in [2.24, 2.45) is 11.8 Å². The summed E-state index contributed by atoms with van der Waals surface area (Å²) >= 11 is 0. The van der Waals surface area contributed by atoms with Gasteiger partial charge in [-0.25, -0.2) is 4.39 Å². The molecule has 0 radical (unpaired) electrons. The Hall–Kier alpha value is -2.06. The van der Waals surface area contributed by atoms with Gasteiger partial charge in [0.25, 0.3) is 0 Å². The molecular formula is C21H26FN3O. The molecule has 0 N–H and O–H groups in total. The van der Waals surface area contributed by atoms with Crippen molar-refractivity contribution in [1.29, 1.82) is 0 Å². The van der Waals surface area contributed by atoms with E-state index < -0.39 is 0 Å². The normalized spacial score (nSPS) is 24.7. The van der Waals surface area contributed by atoms with Gasteiger partial charge in [0, 0.05) is 32.1 Å². The summed E-state index contributed by atoms with van der Waals surface area (Å²) in [6.45, 7) is 5.00. The first-order valence-corrected chi connectivity index (χ1v) is 9.71. The number of rotatable bonds is 4. The van der Waals surface area contributed by atoms with Crippen LogP contribution in [0.2, 0.25) is 0 Å². The van der Waals surface area contributed by atoms with Crippen LogP contribution in [-0.2, 0) is 0 Å². The second-order valence-corrected chi connectivity index (χ2v) is 7.65. The average Bonchev–Trinajstić information content (AvgIpc) is 3.10. The summed E-state index contributed by atoms with van der Waals surface area (Å²) in [5.41, 5.74) is 0.645. The third kappa shape index (κ3) is 3.71. The lowest BCUT2D eigenvalue weighted by Crippen LogP contribution is -2.47. The summed E-state index contributed by atoms with van der Waals surface area (Å²) in [5, 5.41) is 4.94. The van der Waals surface area contributed by atoms with Gasteiger partial charge in [0.2, 0.25) is 0 Å². The van der Waals surface area contributed by atoms with E-state index in [4.69, 9.17) is 10.9 Å². The van der Waals surface area contributed by atoms with E-state index in [2.05, 4.69) is 20.9 Å². The third-order valence-electron chi connectivity index (χ3n) is 6.02. The molecule has 138 valence electrons. The lowest BCUT2D eigenvalue weighted by atomic mass is 9.81. The van der Waals surface area contributed by atoms with Gasteiger partial charge in [-0.3, -0.25) is 4.90 Å². The van der Waals surface area contributed by atoms with E-state index in [1.54, 1.807) is 6.07 Å². The minimum absolute atomic E-state index is 0.250. The van der Waals surface area contributed by atoms with Crippen LogP contribution in [0.5, 0.6) is 0 Å². The number of hydrogen-bond acceptors (Lipinski definition) is 4. The highest BCUT2D eigenvalue weighted by Crippen LogP contribution is 2.31. The molecule has 4 rings (SSSR count). The van der Waals surface area contributed by atoms with Gasteiger partial charge >= 0.3 is 0 Å². The molecule has 2 aromatic rings.